The summed E-state index contributed by atoms with van der Waals surface area (Å²) in [6.45, 7) is 3.19. The fourth-order valence-corrected chi connectivity index (χ4v) is 4.88. The summed E-state index contributed by atoms with van der Waals surface area (Å²) in [6.07, 6.45) is 1.69. The van der Waals surface area contributed by atoms with Crippen molar-refractivity contribution in [3.8, 4) is 5.75 Å². The van der Waals surface area contributed by atoms with Crippen LogP contribution in [0, 0.1) is 5.92 Å². The second-order valence-corrected chi connectivity index (χ2v) is 8.96. The van der Waals surface area contributed by atoms with Gasteiger partial charge in [0.25, 0.3) is 5.91 Å². The van der Waals surface area contributed by atoms with E-state index in [2.05, 4.69) is 12.2 Å². The van der Waals surface area contributed by atoms with Gasteiger partial charge in [0.05, 0.1) is 12.7 Å². The Morgan fingerprint density at radius 1 is 1.26 bits per heavy atom. The number of anilines is 1. The molecule has 1 aliphatic rings. The monoisotopic (exact) mass is 465 g/mol. The lowest BCUT2D eigenvalue weighted by atomic mass is 9.88. The molecule has 2 unspecified atom stereocenters. The molecular weight excluding hydrogens is 442 g/mol. The molecule has 3 rings (SSSR count). The van der Waals surface area contributed by atoms with Crippen LogP contribution in [-0.4, -0.2) is 37.7 Å². The lowest BCUT2D eigenvalue weighted by molar-refractivity contribution is -0.153. The maximum Gasteiger partial charge on any atom is 0.347 e. The third-order valence-electron chi connectivity index (χ3n) is 4.96. The summed E-state index contributed by atoms with van der Waals surface area (Å²) in [5.74, 6) is -0.728. The van der Waals surface area contributed by atoms with Crippen molar-refractivity contribution in [2.45, 2.75) is 39.2 Å². The molecule has 0 fully saturated rings. The molecule has 0 spiro atoms. The number of carbonyl (C=O) groups excluding carboxylic acids is 3. The minimum atomic E-state index is -0.907. The predicted octanol–water partition coefficient (Wildman–Crippen LogP) is 4.26. The highest BCUT2D eigenvalue weighted by molar-refractivity contribution is 7.17. The highest BCUT2D eigenvalue weighted by Gasteiger charge is 2.29. The number of esters is 2. The summed E-state index contributed by atoms with van der Waals surface area (Å²) in [5, 5.41) is 3.67. The van der Waals surface area contributed by atoms with Crippen molar-refractivity contribution >= 4 is 45.8 Å². The van der Waals surface area contributed by atoms with Crippen LogP contribution in [0.15, 0.2) is 24.3 Å². The summed E-state index contributed by atoms with van der Waals surface area (Å²) in [7, 11) is 1.31. The van der Waals surface area contributed by atoms with Crippen LogP contribution in [0.4, 0.5) is 5.00 Å². The predicted molar refractivity (Wildman–Crippen MR) is 118 cm³/mol. The number of fused-ring (bicyclic) bond motifs is 1. The standard InChI is InChI=1S/C22H24ClNO6S/c1-12-4-9-16-17(10-12)31-20(19(16)22(27)28-3)24-18(25)11-29-21(26)13(2)30-15-7-5-14(23)6-8-15/h5-8,12-13H,4,9-11H2,1-3H3,(H,24,25). The van der Waals surface area contributed by atoms with Crippen LogP contribution in [-0.2, 0) is 31.9 Å². The second-order valence-electron chi connectivity index (χ2n) is 7.42. The Labute approximate surface area is 189 Å². The van der Waals surface area contributed by atoms with Gasteiger partial charge in [-0.3, -0.25) is 4.79 Å². The number of rotatable bonds is 7. The third-order valence-corrected chi connectivity index (χ3v) is 6.38. The molecule has 1 N–H and O–H groups in total. The summed E-state index contributed by atoms with van der Waals surface area (Å²) in [4.78, 5) is 37.9. The number of methoxy groups -OCH3 is 1. The van der Waals surface area contributed by atoms with Crippen molar-refractivity contribution in [3.63, 3.8) is 0 Å². The maximum atomic E-state index is 12.4. The van der Waals surface area contributed by atoms with Crippen LogP contribution in [0.25, 0.3) is 0 Å². The molecule has 7 nitrogen and oxygen atoms in total. The fraction of sp³-hybridized carbons (Fsp3) is 0.409. The number of ether oxygens (including phenoxy) is 3. The maximum absolute atomic E-state index is 12.4. The van der Waals surface area contributed by atoms with E-state index in [0.717, 1.165) is 29.7 Å². The number of hydrogen-bond acceptors (Lipinski definition) is 7. The fourth-order valence-electron chi connectivity index (χ4n) is 3.34. The molecular formula is C22H24ClNO6S. The number of hydrogen-bond donors (Lipinski definition) is 1. The van der Waals surface area contributed by atoms with Crippen molar-refractivity contribution < 1.29 is 28.6 Å². The molecule has 1 aromatic heterocycles. The van der Waals surface area contributed by atoms with Crippen molar-refractivity contribution in [1.82, 2.24) is 0 Å². The van der Waals surface area contributed by atoms with E-state index in [4.69, 9.17) is 25.8 Å². The first-order chi connectivity index (χ1) is 14.8. The molecule has 9 heteroatoms. The van der Waals surface area contributed by atoms with Crippen LogP contribution >= 0.6 is 22.9 Å². The molecule has 0 saturated carbocycles. The lowest BCUT2D eigenvalue weighted by Crippen LogP contribution is -2.29. The van der Waals surface area contributed by atoms with Gasteiger partial charge in [-0.1, -0.05) is 18.5 Å². The van der Waals surface area contributed by atoms with Gasteiger partial charge >= 0.3 is 11.9 Å². The van der Waals surface area contributed by atoms with Gasteiger partial charge in [0.15, 0.2) is 12.7 Å². The molecule has 0 radical (unpaired) electrons. The number of halogens is 1. The third kappa shape index (κ3) is 5.77. The van der Waals surface area contributed by atoms with Crippen LogP contribution < -0.4 is 10.1 Å². The smallest absolute Gasteiger partial charge is 0.347 e. The topological polar surface area (TPSA) is 90.9 Å². The van der Waals surface area contributed by atoms with Crippen LogP contribution in [0.1, 0.15) is 41.1 Å². The Kier molecular flexibility index (Phi) is 7.56. The van der Waals surface area contributed by atoms with E-state index < -0.39 is 30.6 Å². The summed E-state index contributed by atoms with van der Waals surface area (Å²) in [6, 6.07) is 6.55. The lowest BCUT2D eigenvalue weighted by Gasteiger charge is -2.18. The Hall–Kier alpha value is -2.58. The van der Waals surface area contributed by atoms with Gasteiger partial charge in [-0.05, 0) is 61.9 Å². The van der Waals surface area contributed by atoms with E-state index >= 15 is 0 Å². The molecule has 1 amide bonds. The van der Waals surface area contributed by atoms with Gasteiger partial charge in [0.1, 0.15) is 10.8 Å². The molecule has 2 atom stereocenters. The molecule has 2 aromatic rings. The number of benzene rings is 1. The Morgan fingerprint density at radius 2 is 1.97 bits per heavy atom. The molecule has 1 aromatic carbocycles. The number of thiophene rings is 1. The van der Waals surface area contributed by atoms with Gasteiger partial charge in [-0.25, -0.2) is 9.59 Å². The average molecular weight is 466 g/mol. The average Bonchev–Trinajstić information content (AvgIpc) is 3.09. The summed E-state index contributed by atoms with van der Waals surface area (Å²) < 4.78 is 15.5. The zero-order valence-electron chi connectivity index (χ0n) is 17.5. The van der Waals surface area contributed by atoms with Crippen molar-refractivity contribution in [3.05, 3.63) is 45.3 Å². The molecule has 0 bridgehead atoms. The van der Waals surface area contributed by atoms with Gasteiger partial charge in [0.2, 0.25) is 0 Å². The quantitative estimate of drug-likeness (QED) is 0.614. The van der Waals surface area contributed by atoms with Crippen molar-refractivity contribution in [2.24, 2.45) is 5.92 Å². The largest absolute Gasteiger partial charge is 0.479 e. The van der Waals surface area contributed by atoms with E-state index in [1.165, 1.54) is 25.4 Å². The van der Waals surface area contributed by atoms with E-state index in [9.17, 15) is 14.4 Å². The zero-order valence-corrected chi connectivity index (χ0v) is 19.1. The number of nitrogens with one attached hydrogen (secondary N) is 1. The van der Waals surface area contributed by atoms with Gasteiger partial charge in [-0.15, -0.1) is 11.3 Å². The molecule has 31 heavy (non-hydrogen) atoms. The van der Waals surface area contributed by atoms with E-state index in [0.29, 0.717) is 27.3 Å². The Morgan fingerprint density at radius 3 is 2.65 bits per heavy atom. The van der Waals surface area contributed by atoms with Crippen LogP contribution in [0.2, 0.25) is 5.02 Å². The van der Waals surface area contributed by atoms with Crippen LogP contribution in [0.5, 0.6) is 5.75 Å². The SMILES string of the molecule is COC(=O)c1c(NC(=O)COC(=O)C(C)Oc2ccc(Cl)cc2)sc2c1CCC(C)C2. The van der Waals surface area contributed by atoms with Crippen LogP contribution in [0.3, 0.4) is 0 Å². The summed E-state index contributed by atoms with van der Waals surface area (Å²) >= 11 is 7.19. The van der Waals surface area contributed by atoms with E-state index in [1.54, 1.807) is 24.3 Å². The highest BCUT2D eigenvalue weighted by Crippen LogP contribution is 2.40. The first-order valence-electron chi connectivity index (χ1n) is 9.90. The molecule has 166 valence electrons. The first kappa shape index (κ1) is 23.1. The zero-order chi connectivity index (χ0) is 22.5. The highest BCUT2D eigenvalue weighted by atomic mass is 35.5. The van der Waals surface area contributed by atoms with Crippen molar-refractivity contribution in [2.75, 3.05) is 19.0 Å². The second kappa shape index (κ2) is 10.2. The summed E-state index contributed by atoms with van der Waals surface area (Å²) in [5.41, 5.74) is 1.33. The number of amides is 1. The minimum Gasteiger partial charge on any atom is -0.479 e. The molecule has 0 aliphatic heterocycles. The van der Waals surface area contributed by atoms with E-state index in [1.807, 2.05) is 0 Å². The van der Waals surface area contributed by atoms with E-state index in [-0.39, 0.29) is 0 Å². The van der Waals surface area contributed by atoms with Crippen molar-refractivity contribution in [1.29, 1.82) is 0 Å². The Balaban J connectivity index is 1.59. The Bertz CT molecular complexity index is 971. The number of carbonyl (C=O) groups is 3. The normalized spacial score (nSPS) is 16.1. The first-order valence-corrected chi connectivity index (χ1v) is 11.1. The van der Waals surface area contributed by atoms with Gasteiger partial charge in [0, 0.05) is 9.90 Å². The molecule has 1 aliphatic carbocycles. The van der Waals surface area contributed by atoms with Gasteiger partial charge < -0.3 is 19.5 Å². The van der Waals surface area contributed by atoms with Gasteiger partial charge in [-0.2, -0.15) is 0 Å². The molecule has 0 saturated heterocycles. The minimum absolute atomic E-state index is 0.397. The molecule has 1 heterocycles.